The normalized spacial score (nSPS) is 15.7. The van der Waals surface area contributed by atoms with Crippen molar-refractivity contribution < 1.29 is 9.53 Å². The molecule has 0 unspecified atom stereocenters. The summed E-state index contributed by atoms with van der Waals surface area (Å²) in [5.41, 5.74) is 5.78. The van der Waals surface area contributed by atoms with E-state index in [4.69, 9.17) is 9.84 Å². The van der Waals surface area contributed by atoms with Crippen molar-refractivity contribution in [3.05, 3.63) is 77.6 Å². The van der Waals surface area contributed by atoms with Crippen molar-refractivity contribution in [1.82, 2.24) is 19.7 Å². The molecule has 6 nitrogen and oxygen atoms in total. The molecule has 6 heteroatoms. The number of pyridine rings is 1. The lowest BCUT2D eigenvalue weighted by Crippen LogP contribution is -2.38. The van der Waals surface area contributed by atoms with Crippen molar-refractivity contribution in [3.63, 3.8) is 0 Å². The molecule has 2 aromatic carbocycles. The summed E-state index contributed by atoms with van der Waals surface area (Å²) in [5.74, 6) is 0.845. The first-order chi connectivity index (χ1) is 15.1. The minimum atomic E-state index is -0.115. The highest BCUT2D eigenvalue weighted by Gasteiger charge is 2.33. The third kappa shape index (κ3) is 3.15. The Bertz CT molecular complexity index is 1290. The van der Waals surface area contributed by atoms with Crippen LogP contribution in [0.5, 0.6) is 5.75 Å². The van der Waals surface area contributed by atoms with Gasteiger partial charge in [0, 0.05) is 41.9 Å². The minimum absolute atomic E-state index is 0.0217. The molecule has 0 fully saturated rings. The Labute approximate surface area is 181 Å². The summed E-state index contributed by atoms with van der Waals surface area (Å²) in [5, 5.41) is 5.79. The number of para-hydroxylation sites is 1. The molecule has 4 aromatic rings. The Balaban J connectivity index is 1.51. The van der Waals surface area contributed by atoms with Crippen LogP contribution in [0.1, 0.15) is 34.6 Å². The van der Waals surface area contributed by atoms with E-state index in [9.17, 15) is 4.79 Å². The topological polar surface area (TPSA) is 60.2 Å². The zero-order chi connectivity index (χ0) is 21.5. The van der Waals surface area contributed by atoms with Gasteiger partial charge in [-0.2, -0.15) is 5.10 Å². The number of aryl methyl sites for hydroxylation is 1. The summed E-state index contributed by atoms with van der Waals surface area (Å²) in [7, 11) is 3.64. The molecule has 5 rings (SSSR count). The highest BCUT2D eigenvalue weighted by molar-refractivity contribution is 5.98. The van der Waals surface area contributed by atoms with Gasteiger partial charge in [0.2, 0.25) is 0 Å². The molecular weight excluding hydrogens is 388 g/mol. The lowest BCUT2D eigenvalue weighted by atomic mass is 9.94. The summed E-state index contributed by atoms with van der Waals surface area (Å²) in [6, 6.07) is 17.4. The van der Waals surface area contributed by atoms with E-state index in [0.29, 0.717) is 12.1 Å². The predicted molar refractivity (Wildman–Crippen MR) is 120 cm³/mol. The Morgan fingerprint density at radius 2 is 1.97 bits per heavy atom. The van der Waals surface area contributed by atoms with Crippen LogP contribution in [0.3, 0.4) is 0 Å². The number of aromatic nitrogens is 3. The second-order valence-corrected chi connectivity index (χ2v) is 7.87. The lowest BCUT2D eigenvalue weighted by molar-refractivity contribution is 0.0674. The number of hydrogen-bond donors (Lipinski definition) is 0. The van der Waals surface area contributed by atoms with Crippen molar-refractivity contribution in [2.75, 3.05) is 13.7 Å². The van der Waals surface area contributed by atoms with Crippen LogP contribution in [0.15, 0.2) is 60.8 Å². The van der Waals surface area contributed by atoms with Gasteiger partial charge in [0.25, 0.3) is 5.91 Å². The monoisotopic (exact) mass is 412 g/mol. The molecule has 0 saturated carbocycles. The van der Waals surface area contributed by atoms with Crippen LogP contribution in [0.25, 0.3) is 22.2 Å². The van der Waals surface area contributed by atoms with E-state index in [1.807, 2.05) is 65.2 Å². The minimum Gasteiger partial charge on any atom is -0.496 e. The molecule has 3 heterocycles. The molecule has 0 N–H and O–H groups in total. The smallest absolute Gasteiger partial charge is 0.254 e. The van der Waals surface area contributed by atoms with E-state index < -0.39 is 0 Å². The second kappa shape index (κ2) is 7.54. The van der Waals surface area contributed by atoms with Gasteiger partial charge >= 0.3 is 0 Å². The van der Waals surface area contributed by atoms with Crippen molar-refractivity contribution in [3.8, 4) is 17.0 Å². The predicted octanol–water partition coefficient (Wildman–Crippen LogP) is 4.40. The number of carbonyl (C=O) groups excluding carboxylic acids is 1. The van der Waals surface area contributed by atoms with E-state index in [0.717, 1.165) is 40.0 Å². The largest absolute Gasteiger partial charge is 0.496 e. The van der Waals surface area contributed by atoms with Crippen LogP contribution in [0.2, 0.25) is 0 Å². The van der Waals surface area contributed by atoms with Crippen LogP contribution in [-0.4, -0.2) is 39.2 Å². The first kappa shape index (κ1) is 19.3. The van der Waals surface area contributed by atoms with Gasteiger partial charge in [0.05, 0.1) is 30.1 Å². The van der Waals surface area contributed by atoms with Gasteiger partial charge in [-0.15, -0.1) is 0 Å². The van der Waals surface area contributed by atoms with Crippen LogP contribution >= 0.6 is 0 Å². The number of rotatable bonds is 3. The van der Waals surface area contributed by atoms with Gasteiger partial charge in [-0.05, 0) is 49.7 Å². The van der Waals surface area contributed by atoms with E-state index in [1.165, 1.54) is 5.56 Å². The lowest BCUT2D eigenvalue weighted by Gasteiger charge is -2.33. The van der Waals surface area contributed by atoms with Crippen molar-refractivity contribution in [1.29, 1.82) is 0 Å². The van der Waals surface area contributed by atoms with Gasteiger partial charge in [0.1, 0.15) is 5.75 Å². The molecule has 1 aliphatic rings. The quantitative estimate of drug-likeness (QED) is 0.500. The number of nitrogens with zero attached hydrogens (tertiary/aromatic N) is 4. The maximum absolute atomic E-state index is 13.4. The molecule has 0 spiro atoms. The van der Waals surface area contributed by atoms with Crippen LogP contribution in [0.4, 0.5) is 0 Å². The van der Waals surface area contributed by atoms with E-state index in [2.05, 4.69) is 18.0 Å². The number of ether oxygens (including phenoxy) is 1. The molecule has 1 atom stereocenters. The average Bonchev–Trinajstić information content (AvgIpc) is 3.15. The highest BCUT2D eigenvalue weighted by atomic mass is 16.5. The maximum Gasteiger partial charge on any atom is 0.254 e. The first-order valence-corrected chi connectivity index (χ1v) is 10.4. The number of hydrogen-bond acceptors (Lipinski definition) is 4. The Hall–Kier alpha value is -3.67. The molecular formula is C25H24N4O2. The van der Waals surface area contributed by atoms with Gasteiger partial charge in [-0.3, -0.25) is 14.5 Å². The Morgan fingerprint density at radius 3 is 2.81 bits per heavy atom. The standard InChI is InChI=1S/C25H24N4O2/c1-16-23-20(24(28(2)27-23)19-8-4-5-9-22(19)31-3)12-14-29(16)25(30)18-10-11-21-17(15-18)7-6-13-26-21/h4-11,13,15-16H,12,14H2,1-3H3/t16-/m0/s1. The maximum atomic E-state index is 13.4. The number of carbonyl (C=O) groups is 1. The van der Waals surface area contributed by atoms with Crippen LogP contribution in [-0.2, 0) is 13.5 Å². The fourth-order valence-corrected chi connectivity index (χ4v) is 4.57. The third-order valence-electron chi connectivity index (χ3n) is 6.12. The highest BCUT2D eigenvalue weighted by Crippen LogP contribution is 2.39. The zero-order valence-electron chi connectivity index (χ0n) is 17.9. The first-order valence-electron chi connectivity index (χ1n) is 10.4. The molecule has 0 saturated heterocycles. The van der Waals surface area contributed by atoms with Crippen molar-refractivity contribution >= 4 is 16.8 Å². The van der Waals surface area contributed by atoms with Gasteiger partial charge in [-0.1, -0.05) is 18.2 Å². The summed E-state index contributed by atoms with van der Waals surface area (Å²) < 4.78 is 7.49. The molecule has 1 aliphatic heterocycles. The SMILES string of the molecule is COc1ccccc1-c1c2c(nn1C)[C@H](C)N(C(=O)c1ccc3ncccc3c1)CC2. The molecule has 0 bridgehead atoms. The number of amides is 1. The van der Waals surface area contributed by atoms with Gasteiger partial charge in [-0.25, -0.2) is 0 Å². The molecule has 31 heavy (non-hydrogen) atoms. The van der Waals surface area contributed by atoms with E-state index in [-0.39, 0.29) is 11.9 Å². The molecule has 1 amide bonds. The molecule has 156 valence electrons. The fourth-order valence-electron chi connectivity index (χ4n) is 4.57. The van der Waals surface area contributed by atoms with Crippen LogP contribution < -0.4 is 4.74 Å². The van der Waals surface area contributed by atoms with Gasteiger partial charge in [0.15, 0.2) is 0 Å². The van der Waals surface area contributed by atoms with E-state index >= 15 is 0 Å². The van der Waals surface area contributed by atoms with E-state index in [1.54, 1.807) is 13.3 Å². The Morgan fingerprint density at radius 1 is 1.13 bits per heavy atom. The number of benzene rings is 2. The summed E-state index contributed by atoms with van der Waals surface area (Å²) in [4.78, 5) is 19.6. The van der Waals surface area contributed by atoms with Gasteiger partial charge < -0.3 is 9.64 Å². The zero-order valence-corrected chi connectivity index (χ0v) is 17.9. The molecule has 0 radical (unpaired) electrons. The second-order valence-electron chi connectivity index (χ2n) is 7.87. The summed E-state index contributed by atoms with van der Waals surface area (Å²) in [6.45, 7) is 2.70. The number of fused-ring (bicyclic) bond motifs is 2. The summed E-state index contributed by atoms with van der Waals surface area (Å²) >= 11 is 0. The Kier molecular flexibility index (Phi) is 4.70. The molecule has 2 aromatic heterocycles. The third-order valence-corrected chi connectivity index (χ3v) is 6.12. The van der Waals surface area contributed by atoms with Crippen molar-refractivity contribution in [2.24, 2.45) is 7.05 Å². The molecule has 0 aliphatic carbocycles. The number of methoxy groups -OCH3 is 1. The summed E-state index contributed by atoms with van der Waals surface area (Å²) in [6.07, 6.45) is 2.51. The average molecular weight is 412 g/mol. The van der Waals surface area contributed by atoms with Crippen LogP contribution in [0, 0.1) is 0 Å². The van der Waals surface area contributed by atoms with Crippen molar-refractivity contribution in [2.45, 2.75) is 19.4 Å². The fraction of sp³-hybridized carbons (Fsp3) is 0.240.